The van der Waals surface area contributed by atoms with E-state index in [9.17, 15) is 8.42 Å². The fourth-order valence-electron chi connectivity index (χ4n) is 2.91. The Balaban J connectivity index is 1.76. The van der Waals surface area contributed by atoms with Gasteiger partial charge in [0.15, 0.2) is 0 Å². The zero-order valence-electron chi connectivity index (χ0n) is 13.1. The molecule has 0 radical (unpaired) electrons. The molecule has 1 aromatic heterocycles. The highest BCUT2D eigenvalue weighted by atomic mass is 35.5. The van der Waals surface area contributed by atoms with Gasteiger partial charge >= 0.3 is 0 Å². The molecule has 3 rings (SSSR count). The van der Waals surface area contributed by atoms with E-state index in [1.807, 2.05) is 24.3 Å². The molecular formula is C15H19ClN4O2S. The molecule has 23 heavy (non-hydrogen) atoms. The number of benzene rings is 1. The number of aromatic nitrogens is 2. The summed E-state index contributed by atoms with van der Waals surface area (Å²) >= 11 is 6.02. The Kier molecular flexibility index (Phi) is 4.35. The van der Waals surface area contributed by atoms with Crippen molar-refractivity contribution in [1.29, 1.82) is 0 Å². The summed E-state index contributed by atoms with van der Waals surface area (Å²) in [5.41, 5.74) is 2.12. The van der Waals surface area contributed by atoms with Crippen molar-refractivity contribution in [2.45, 2.75) is 18.7 Å². The molecule has 1 aliphatic heterocycles. The van der Waals surface area contributed by atoms with Gasteiger partial charge in [0.2, 0.25) is 10.0 Å². The fourth-order valence-corrected chi connectivity index (χ4v) is 4.85. The molecule has 1 saturated heterocycles. The van der Waals surface area contributed by atoms with Gasteiger partial charge in [0.1, 0.15) is 4.90 Å². The lowest BCUT2D eigenvalue weighted by atomic mass is 10.2. The van der Waals surface area contributed by atoms with Crippen LogP contribution in [-0.2, 0) is 10.0 Å². The number of hydrogen-bond acceptors (Lipinski definition) is 4. The first-order chi connectivity index (χ1) is 10.9. The van der Waals surface area contributed by atoms with Crippen molar-refractivity contribution >= 4 is 27.3 Å². The lowest BCUT2D eigenvalue weighted by molar-refractivity contribution is 0.384. The SMILES string of the molecule is Cc1n[nH]c(C)c1S(=O)(=O)N1CCN(c2cccc(Cl)c2)CC1. The third-order valence-electron chi connectivity index (χ3n) is 4.07. The number of anilines is 1. The maximum Gasteiger partial charge on any atom is 0.246 e. The van der Waals surface area contributed by atoms with E-state index in [-0.39, 0.29) is 0 Å². The van der Waals surface area contributed by atoms with Crippen LogP contribution in [0, 0.1) is 13.8 Å². The molecule has 1 N–H and O–H groups in total. The van der Waals surface area contributed by atoms with Crippen LogP contribution in [0.5, 0.6) is 0 Å². The summed E-state index contributed by atoms with van der Waals surface area (Å²) in [4.78, 5) is 2.45. The second-order valence-electron chi connectivity index (χ2n) is 5.63. The van der Waals surface area contributed by atoms with Crippen LogP contribution in [0.4, 0.5) is 5.69 Å². The topological polar surface area (TPSA) is 69.3 Å². The highest BCUT2D eigenvalue weighted by molar-refractivity contribution is 7.89. The molecule has 1 fully saturated rings. The number of piperazine rings is 1. The maximum atomic E-state index is 12.8. The standard InChI is InChI=1S/C15H19ClN4O2S/c1-11-15(12(2)18-17-11)23(21,22)20-8-6-19(7-9-20)14-5-3-4-13(16)10-14/h3-5,10H,6-9H2,1-2H3,(H,17,18). The molecule has 0 spiro atoms. The summed E-state index contributed by atoms with van der Waals surface area (Å²) in [6.07, 6.45) is 0. The van der Waals surface area contributed by atoms with E-state index >= 15 is 0 Å². The van der Waals surface area contributed by atoms with Gasteiger partial charge in [-0.15, -0.1) is 0 Å². The van der Waals surface area contributed by atoms with E-state index in [0.717, 1.165) is 5.69 Å². The number of nitrogens with zero attached hydrogens (tertiary/aromatic N) is 3. The molecular weight excluding hydrogens is 336 g/mol. The van der Waals surface area contributed by atoms with Crippen LogP contribution in [0.15, 0.2) is 29.2 Å². The number of sulfonamides is 1. The summed E-state index contributed by atoms with van der Waals surface area (Å²) < 4.78 is 27.2. The summed E-state index contributed by atoms with van der Waals surface area (Å²) in [5, 5.41) is 7.42. The Hall–Kier alpha value is -1.57. The number of rotatable bonds is 3. The molecule has 1 aliphatic rings. The third-order valence-corrected chi connectivity index (χ3v) is 6.47. The Morgan fingerprint density at radius 3 is 2.43 bits per heavy atom. The lowest BCUT2D eigenvalue weighted by Crippen LogP contribution is -2.48. The Bertz CT molecular complexity index is 791. The average molecular weight is 355 g/mol. The van der Waals surface area contributed by atoms with Crippen molar-refractivity contribution in [3.8, 4) is 0 Å². The van der Waals surface area contributed by atoms with E-state index in [1.54, 1.807) is 13.8 Å². The van der Waals surface area contributed by atoms with E-state index in [2.05, 4.69) is 15.1 Å². The average Bonchev–Trinajstić information content (AvgIpc) is 2.87. The molecule has 8 heteroatoms. The van der Waals surface area contributed by atoms with Crippen LogP contribution in [0.1, 0.15) is 11.4 Å². The van der Waals surface area contributed by atoms with E-state index in [0.29, 0.717) is 47.5 Å². The monoisotopic (exact) mass is 354 g/mol. The molecule has 2 aromatic rings. The number of aromatic amines is 1. The molecule has 0 bridgehead atoms. The number of H-pyrrole nitrogens is 1. The van der Waals surface area contributed by atoms with Crippen molar-refractivity contribution in [2.24, 2.45) is 0 Å². The molecule has 0 atom stereocenters. The van der Waals surface area contributed by atoms with Crippen LogP contribution in [0.25, 0.3) is 0 Å². The number of halogens is 1. The second kappa shape index (κ2) is 6.14. The van der Waals surface area contributed by atoms with Crippen molar-refractivity contribution in [1.82, 2.24) is 14.5 Å². The summed E-state index contributed by atoms with van der Waals surface area (Å²) in [6, 6.07) is 7.62. The number of aryl methyl sites for hydroxylation is 2. The van der Waals surface area contributed by atoms with Crippen LogP contribution >= 0.6 is 11.6 Å². The van der Waals surface area contributed by atoms with E-state index < -0.39 is 10.0 Å². The van der Waals surface area contributed by atoms with Gasteiger partial charge in [-0.05, 0) is 32.0 Å². The maximum absolute atomic E-state index is 12.8. The van der Waals surface area contributed by atoms with Crippen LogP contribution in [-0.4, -0.2) is 49.1 Å². The summed E-state index contributed by atoms with van der Waals surface area (Å²) in [7, 11) is -3.51. The van der Waals surface area contributed by atoms with Gasteiger partial charge in [0, 0.05) is 36.9 Å². The Labute approximate surface area is 141 Å². The zero-order chi connectivity index (χ0) is 16.6. The first-order valence-corrected chi connectivity index (χ1v) is 9.23. The molecule has 1 aromatic carbocycles. The molecule has 0 unspecified atom stereocenters. The highest BCUT2D eigenvalue weighted by Gasteiger charge is 2.32. The highest BCUT2D eigenvalue weighted by Crippen LogP contribution is 2.25. The minimum Gasteiger partial charge on any atom is -0.369 e. The number of hydrogen-bond donors (Lipinski definition) is 1. The minimum absolute atomic E-state index is 0.300. The normalized spacial score (nSPS) is 16.7. The van der Waals surface area contributed by atoms with E-state index in [1.165, 1.54) is 4.31 Å². The summed E-state index contributed by atoms with van der Waals surface area (Å²) in [6.45, 7) is 5.59. The second-order valence-corrected chi connectivity index (χ2v) is 7.95. The van der Waals surface area contributed by atoms with Gasteiger partial charge in [0.25, 0.3) is 0 Å². The minimum atomic E-state index is -3.51. The molecule has 6 nitrogen and oxygen atoms in total. The van der Waals surface area contributed by atoms with E-state index in [4.69, 9.17) is 11.6 Å². The van der Waals surface area contributed by atoms with Gasteiger partial charge < -0.3 is 4.90 Å². The number of nitrogens with one attached hydrogen (secondary N) is 1. The molecule has 0 saturated carbocycles. The first kappa shape index (κ1) is 16.3. The predicted octanol–water partition coefficient (Wildman–Crippen LogP) is 2.19. The Morgan fingerprint density at radius 1 is 1.17 bits per heavy atom. The van der Waals surface area contributed by atoms with Crippen LogP contribution < -0.4 is 4.90 Å². The predicted molar refractivity (Wildman–Crippen MR) is 90.5 cm³/mol. The van der Waals surface area contributed by atoms with Gasteiger partial charge in [-0.25, -0.2) is 8.42 Å². The molecule has 2 heterocycles. The van der Waals surface area contributed by atoms with Gasteiger partial charge in [-0.1, -0.05) is 17.7 Å². The lowest BCUT2D eigenvalue weighted by Gasteiger charge is -2.35. The molecule has 0 amide bonds. The van der Waals surface area contributed by atoms with Crippen molar-refractivity contribution in [2.75, 3.05) is 31.1 Å². The van der Waals surface area contributed by atoms with Crippen LogP contribution in [0.3, 0.4) is 0 Å². The largest absolute Gasteiger partial charge is 0.369 e. The zero-order valence-corrected chi connectivity index (χ0v) is 14.7. The van der Waals surface area contributed by atoms with Crippen molar-refractivity contribution < 1.29 is 8.42 Å². The van der Waals surface area contributed by atoms with Crippen molar-refractivity contribution in [3.63, 3.8) is 0 Å². The quantitative estimate of drug-likeness (QED) is 0.917. The Morgan fingerprint density at radius 2 is 1.87 bits per heavy atom. The first-order valence-electron chi connectivity index (χ1n) is 7.42. The van der Waals surface area contributed by atoms with Gasteiger partial charge in [-0.3, -0.25) is 5.10 Å². The third kappa shape index (κ3) is 3.08. The molecule has 124 valence electrons. The summed E-state index contributed by atoms with van der Waals surface area (Å²) in [5.74, 6) is 0. The fraction of sp³-hybridized carbons (Fsp3) is 0.400. The smallest absolute Gasteiger partial charge is 0.246 e. The van der Waals surface area contributed by atoms with Crippen LogP contribution in [0.2, 0.25) is 5.02 Å². The van der Waals surface area contributed by atoms with Gasteiger partial charge in [0.05, 0.1) is 11.4 Å². The van der Waals surface area contributed by atoms with Gasteiger partial charge in [-0.2, -0.15) is 9.40 Å². The molecule has 0 aliphatic carbocycles. The van der Waals surface area contributed by atoms with Crippen molar-refractivity contribution in [3.05, 3.63) is 40.7 Å².